The molecule has 28 heavy (non-hydrogen) atoms. The Labute approximate surface area is 156 Å². The molecule has 0 unspecified atom stereocenters. The SMILES string of the molecule is CCOc1ccc([C@H]2NC(=O)NC(C)=C2C(=O)OCC(F)(F)C(F)(F)F)cc1. The molecule has 0 bridgehead atoms. The van der Waals surface area contributed by atoms with Crippen molar-refractivity contribution < 1.29 is 41.0 Å². The average molecular weight is 408 g/mol. The molecule has 1 aromatic rings. The number of hydrogen-bond acceptors (Lipinski definition) is 4. The minimum absolute atomic E-state index is 0.0250. The fourth-order valence-electron chi connectivity index (χ4n) is 2.45. The van der Waals surface area contributed by atoms with E-state index in [9.17, 15) is 31.5 Å². The van der Waals surface area contributed by atoms with Crippen LogP contribution in [0.25, 0.3) is 0 Å². The maximum absolute atomic E-state index is 13.0. The van der Waals surface area contributed by atoms with Crippen LogP contribution in [0, 0.1) is 0 Å². The second-order valence-corrected chi connectivity index (χ2v) is 5.85. The van der Waals surface area contributed by atoms with Crippen molar-refractivity contribution in [2.24, 2.45) is 0 Å². The van der Waals surface area contributed by atoms with E-state index in [1.807, 2.05) is 0 Å². The Morgan fingerprint density at radius 3 is 2.29 bits per heavy atom. The van der Waals surface area contributed by atoms with E-state index in [0.29, 0.717) is 17.9 Å². The van der Waals surface area contributed by atoms with Gasteiger partial charge in [0.25, 0.3) is 0 Å². The largest absolute Gasteiger partial charge is 0.494 e. The second kappa shape index (κ2) is 8.03. The lowest BCUT2D eigenvalue weighted by atomic mass is 9.95. The molecule has 1 aliphatic heterocycles. The third-order valence-electron chi connectivity index (χ3n) is 3.81. The number of benzene rings is 1. The first-order valence-electron chi connectivity index (χ1n) is 8.09. The van der Waals surface area contributed by atoms with Gasteiger partial charge in [-0.15, -0.1) is 0 Å². The van der Waals surface area contributed by atoms with Gasteiger partial charge in [-0.05, 0) is 31.5 Å². The fourth-order valence-corrected chi connectivity index (χ4v) is 2.45. The van der Waals surface area contributed by atoms with Gasteiger partial charge in [0, 0.05) is 5.70 Å². The number of esters is 1. The van der Waals surface area contributed by atoms with Crippen LogP contribution in [0.1, 0.15) is 25.5 Å². The highest BCUT2D eigenvalue weighted by Crippen LogP contribution is 2.36. The summed E-state index contributed by atoms with van der Waals surface area (Å²) in [6, 6.07) is 4.38. The van der Waals surface area contributed by atoms with Crippen LogP contribution in [0.4, 0.5) is 26.7 Å². The summed E-state index contributed by atoms with van der Waals surface area (Å²) >= 11 is 0. The van der Waals surface area contributed by atoms with Gasteiger partial charge in [-0.3, -0.25) is 0 Å². The zero-order valence-corrected chi connectivity index (χ0v) is 14.8. The Morgan fingerprint density at radius 2 is 1.75 bits per heavy atom. The van der Waals surface area contributed by atoms with Gasteiger partial charge in [-0.2, -0.15) is 22.0 Å². The molecule has 2 amide bonds. The van der Waals surface area contributed by atoms with Crippen LogP contribution >= 0.6 is 0 Å². The molecule has 2 rings (SSSR count). The van der Waals surface area contributed by atoms with Crippen molar-refractivity contribution in [1.82, 2.24) is 10.6 Å². The molecule has 11 heteroatoms. The highest BCUT2D eigenvalue weighted by Gasteiger charge is 2.58. The molecule has 0 saturated carbocycles. The number of halogens is 5. The van der Waals surface area contributed by atoms with E-state index in [-0.39, 0.29) is 11.3 Å². The molecule has 1 aliphatic rings. The van der Waals surface area contributed by atoms with E-state index in [0.717, 1.165) is 0 Å². The zero-order valence-electron chi connectivity index (χ0n) is 14.8. The first kappa shape index (κ1) is 21.5. The Balaban J connectivity index is 2.26. The minimum atomic E-state index is -5.86. The van der Waals surface area contributed by atoms with Crippen LogP contribution in [0.3, 0.4) is 0 Å². The summed E-state index contributed by atoms with van der Waals surface area (Å²) in [6.07, 6.45) is -5.86. The predicted octanol–water partition coefficient (Wildman–Crippen LogP) is 3.45. The van der Waals surface area contributed by atoms with Crippen LogP contribution in [0.15, 0.2) is 35.5 Å². The number of alkyl halides is 5. The van der Waals surface area contributed by atoms with Crippen molar-refractivity contribution in [2.75, 3.05) is 13.2 Å². The molecule has 0 fully saturated rings. The van der Waals surface area contributed by atoms with Gasteiger partial charge in [0.15, 0.2) is 6.61 Å². The summed E-state index contributed by atoms with van der Waals surface area (Å²) in [5, 5.41) is 4.68. The van der Waals surface area contributed by atoms with E-state index in [1.54, 1.807) is 19.1 Å². The van der Waals surface area contributed by atoms with Gasteiger partial charge in [-0.1, -0.05) is 12.1 Å². The quantitative estimate of drug-likeness (QED) is 0.559. The van der Waals surface area contributed by atoms with Gasteiger partial charge in [0.1, 0.15) is 5.75 Å². The van der Waals surface area contributed by atoms with Gasteiger partial charge < -0.3 is 20.1 Å². The molecule has 1 heterocycles. The van der Waals surface area contributed by atoms with Crippen molar-refractivity contribution >= 4 is 12.0 Å². The van der Waals surface area contributed by atoms with E-state index in [4.69, 9.17) is 4.74 Å². The Bertz CT molecular complexity index is 775. The number of ether oxygens (including phenoxy) is 2. The number of carbonyl (C=O) groups excluding carboxylic acids is 2. The average Bonchev–Trinajstić information content (AvgIpc) is 2.59. The van der Waals surface area contributed by atoms with E-state index in [1.165, 1.54) is 19.1 Å². The lowest BCUT2D eigenvalue weighted by Crippen LogP contribution is -2.46. The molecule has 1 atom stereocenters. The van der Waals surface area contributed by atoms with Crippen LogP contribution in [0.2, 0.25) is 0 Å². The lowest BCUT2D eigenvalue weighted by molar-refractivity contribution is -0.293. The molecule has 0 saturated heterocycles. The predicted molar refractivity (Wildman–Crippen MR) is 86.7 cm³/mol. The number of allylic oxidation sites excluding steroid dienone is 1. The highest BCUT2D eigenvalue weighted by molar-refractivity contribution is 5.95. The monoisotopic (exact) mass is 408 g/mol. The van der Waals surface area contributed by atoms with Crippen molar-refractivity contribution in [3.8, 4) is 5.75 Å². The standard InChI is InChI=1S/C17H17F5N2O4/c1-3-27-11-6-4-10(5-7-11)13-12(9(2)23-15(26)24-13)14(25)28-8-16(18,19)17(20,21)22/h4-7,13H,3,8H2,1-2H3,(H2,23,24,26)/t13-/m1/s1. The summed E-state index contributed by atoms with van der Waals surface area (Å²) in [5.74, 6) is -6.09. The Morgan fingerprint density at radius 1 is 1.14 bits per heavy atom. The van der Waals surface area contributed by atoms with Crippen molar-refractivity contribution in [3.05, 3.63) is 41.1 Å². The number of nitrogens with one attached hydrogen (secondary N) is 2. The summed E-state index contributed by atoms with van der Waals surface area (Å²) in [4.78, 5) is 24.0. The smallest absolute Gasteiger partial charge is 0.456 e. The van der Waals surface area contributed by atoms with Crippen molar-refractivity contribution in [2.45, 2.75) is 32.0 Å². The fraction of sp³-hybridized carbons (Fsp3) is 0.412. The maximum atomic E-state index is 13.0. The van der Waals surface area contributed by atoms with Gasteiger partial charge in [0.2, 0.25) is 0 Å². The molecule has 2 N–H and O–H groups in total. The molecule has 0 spiro atoms. The number of urea groups is 1. The van der Waals surface area contributed by atoms with Crippen LogP contribution < -0.4 is 15.4 Å². The second-order valence-electron chi connectivity index (χ2n) is 5.85. The molecule has 0 aliphatic carbocycles. The summed E-state index contributed by atoms with van der Waals surface area (Å²) in [5.41, 5.74) is 0.0666. The summed E-state index contributed by atoms with van der Waals surface area (Å²) < 4.78 is 72.3. The van der Waals surface area contributed by atoms with Gasteiger partial charge >= 0.3 is 24.1 Å². The highest BCUT2D eigenvalue weighted by atomic mass is 19.4. The van der Waals surface area contributed by atoms with Crippen molar-refractivity contribution in [1.29, 1.82) is 0 Å². The van der Waals surface area contributed by atoms with Crippen LogP contribution in [-0.4, -0.2) is 37.3 Å². The van der Waals surface area contributed by atoms with Gasteiger partial charge in [0.05, 0.1) is 18.2 Å². The Kier molecular flexibility index (Phi) is 6.15. The molecule has 1 aromatic carbocycles. The lowest BCUT2D eigenvalue weighted by Gasteiger charge is -2.28. The first-order valence-corrected chi connectivity index (χ1v) is 8.09. The molecular formula is C17H17F5N2O4. The molecular weight excluding hydrogens is 391 g/mol. The molecule has 6 nitrogen and oxygen atoms in total. The van der Waals surface area contributed by atoms with E-state index in [2.05, 4.69) is 15.4 Å². The normalized spacial score (nSPS) is 17.7. The zero-order chi connectivity index (χ0) is 21.1. The van der Waals surface area contributed by atoms with E-state index < -0.39 is 36.7 Å². The topological polar surface area (TPSA) is 76.7 Å². The number of rotatable bonds is 6. The molecule has 0 aromatic heterocycles. The summed E-state index contributed by atoms with van der Waals surface area (Å²) in [6.45, 7) is 1.32. The number of amides is 2. The van der Waals surface area contributed by atoms with Crippen LogP contribution in [0.5, 0.6) is 5.75 Å². The minimum Gasteiger partial charge on any atom is -0.494 e. The van der Waals surface area contributed by atoms with Crippen molar-refractivity contribution in [3.63, 3.8) is 0 Å². The number of hydrogen-bond donors (Lipinski definition) is 2. The maximum Gasteiger partial charge on any atom is 0.456 e. The number of carbonyl (C=O) groups is 2. The first-order chi connectivity index (χ1) is 13.0. The third-order valence-corrected chi connectivity index (χ3v) is 3.81. The van der Waals surface area contributed by atoms with E-state index >= 15 is 0 Å². The third kappa shape index (κ3) is 4.70. The van der Waals surface area contributed by atoms with Gasteiger partial charge in [-0.25, -0.2) is 9.59 Å². The molecule has 0 radical (unpaired) electrons. The van der Waals surface area contributed by atoms with Crippen LogP contribution in [-0.2, 0) is 9.53 Å². The summed E-state index contributed by atoms with van der Waals surface area (Å²) in [7, 11) is 0. The molecule has 154 valence electrons. The Hall–Kier alpha value is -2.85.